The molecule has 5 aromatic rings. The number of pyridine rings is 1. The molecule has 0 N–H and O–H groups in total. The van der Waals surface area contributed by atoms with Gasteiger partial charge < -0.3 is 18.9 Å². The van der Waals surface area contributed by atoms with Crippen LogP contribution in [-0.2, 0) is 11.2 Å². The molecule has 6 rings (SSSR count). The number of para-hydroxylation sites is 1. The van der Waals surface area contributed by atoms with Crippen LogP contribution in [0.15, 0.2) is 85.1 Å². The molecular weight excluding hydrogens is 450 g/mol. The zero-order chi connectivity index (χ0) is 24.8. The molecule has 1 aliphatic rings. The Labute approximate surface area is 209 Å². The number of hydrogen-bond acceptors (Lipinski definition) is 4. The zero-order valence-electron chi connectivity index (χ0n) is 20.4. The summed E-state index contributed by atoms with van der Waals surface area (Å²) in [5, 5.41) is 3.08. The first kappa shape index (κ1) is 21.9. The minimum absolute atomic E-state index is 0.359. The SMILES string of the molecule is CCc1cc(C2=C(OC(=O)N(C)C)c3cccn3-c3cc4ccccc4cc3O2)c2ccccc2n1. The Morgan fingerprint density at radius 1 is 0.972 bits per heavy atom. The molecule has 0 saturated carbocycles. The van der Waals surface area contributed by atoms with Crippen LogP contribution >= 0.6 is 0 Å². The Hall–Kier alpha value is -4.58. The lowest BCUT2D eigenvalue weighted by atomic mass is 10.0. The van der Waals surface area contributed by atoms with Crippen molar-refractivity contribution in [1.29, 1.82) is 0 Å². The molecule has 3 heterocycles. The van der Waals surface area contributed by atoms with Gasteiger partial charge in [0.2, 0.25) is 0 Å². The third-order valence-corrected chi connectivity index (χ3v) is 6.42. The predicted octanol–water partition coefficient (Wildman–Crippen LogP) is 6.66. The molecule has 6 heteroatoms. The molecule has 0 aliphatic carbocycles. The summed E-state index contributed by atoms with van der Waals surface area (Å²) in [4.78, 5) is 19.1. The van der Waals surface area contributed by atoms with Crippen molar-refractivity contribution in [2.45, 2.75) is 13.3 Å². The molecule has 1 amide bonds. The van der Waals surface area contributed by atoms with Crippen LogP contribution in [0.4, 0.5) is 4.79 Å². The number of nitrogens with zero attached hydrogens (tertiary/aromatic N) is 3. The van der Waals surface area contributed by atoms with E-state index in [1.807, 2.05) is 71.4 Å². The second kappa shape index (κ2) is 8.57. The van der Waals surface area contributed by atoms with E-state index >= 15 is 0 Å². The molecule has 0 saturated heterocycles. The molecule has 0 spiro atoms. The van der Waals surface area contributed by atoms with Crippen molar-refractivity contribution >= 4 is 39.3 Å². The van der Waals surface area contributed by atoms with Crippen molar-refractivity contribution in [3.8, 4) is 11.4 Å². The second-order valence-corrected chi connectivity index (χ2v) is 8.99. The van der Waals surface area contributed by atoms with E-state index in [9.17, 15) is 4.79 Å². The lowest BCUT2D eigenvalue weighted by molar-refractivity contribution is 0.162. The van der Waals surface area contributed by atoms with Crippen LogP contribution in [0.2, 0.25) is 0 Å². The van der Waals surface area contributed by atoms with Crippen LogP contribution in [0, 0.1) is 0 Å². The third-order valence-electron chi connectivity index (χ3n) is 6.42. The van der Waals surface area contributed by atoms with E-state index in [1.165, 1.54) is 4.90 Å². The highest BCUT2D eigenvalue weighted by Crippen LogP contribution is 2.42. The van der Waals surface area contributed by atoms with Gasteiger partial charge in [-0.3, -0.25) is 4.98 Å². The number of benzene rings is 3. The molecule has 0 radical (unpaired) electrons. The van der Waals surface area contributed by atoms with Crippen molar-refractivity contribution in [2.75, 3.05) is 14.1 Å². The monoisotopic (exact) mass is 475 g/mol. The summed E-state index contributed by atoms with van der Waals surface area (Å²) in [6.45, 7) is 2.07. The topological polar surface area (TPSA) is 56.6 Å². The summed E-state index contributed by atoms with van der Waals surface area (Å²) < 4.78 is 14.8. The van der Waals surface area contributed by atoms with Crippen LogP contribution in [0.3, 0.4) is 0 Å². The molecule has 3 aromatic carbocycles. The quantitative estimate of drug-likeness (QED) is 0.293. The maximum atomic E-state index is 12.9. The third kappa shape index (κ3) is 3.58. The van der Waals surface area contributed by atoms with Gasteiger partial charge >= 0.3 is 6.09 Å². The summed E-state index contributed by atoms with van der Waals surface area (Å²) in [6, 6.07) is 26.2. The fourth-order valence-electron chi connectivity index (χ4n) is 4.58. The molecule has 178 valence electrons. The largest absolute Gasteiger partial charge is 0.450 e. The number of rotatable bonds is 3. The highest BCUT2D eigenvalue weighted by molar-refractivity contribution is 6.00. The molecule has 0 unspecified atom stereocenters. The van der Waals surface area contributed by atoms with Crippen LogP contribution in [0.1, 0.15) is 23.9 Å². The Morgan fingerprint density at radius 2 is 1.72 bits per heavy atom. The van der Waals surface area contributed by atoms with Crippen molar-refractivity contribution in [3.05, 3.63) is 102 Å². The van der Waals surface area contributed by atoms with Gasteiger partial charge in [-0.2, -0.15) is 0 Å². The van der Waals surface area contributed by atoms with Crippen molar-refractivity contribution in [2.24, 2.45) is 0 Å². The predicted molar refractivity (Wildman–Crippen MR) is 142 cm³/mol. The number of aromatic nitrogens is 2. The summed E-state index contributed by atoms with van der Waals surface area (Å²) in [7, 11) is 3.33. The van der Waals surface area contributed by atoms with Gasteiger partial charge in [0.25, 0.3) is 0 Å². The number of ether oxygens (including phenoxy) is 2. The van der Waals surface area contributed by atoms with Crippen LogP contribution < -0.4 is 4.74 Å². The molecule has 36 heavy (non-hydrogen) atoms. The van der Waals surface area contributed by atoms with Crippen LogP contribution in [-0.4, -0.2) is 34.6 Å². The summed E-state index contributed by atoms with van der Waals surface area (Å²) in [6.07, 6.45) is 2.24. The number of carbonyl (C=O) groups is 1. The molecule has 0 atom stereocenters. The average molecular weight is 476 g/mol. The molecule has 0 fully saturated rings. The zero-order valence-corrected chi connectivity index (χ0v) is 20.4. The fraction of sp³-hybridized carbons (Fsp3) is 0.133. The van der Waals surface area contributed by atoms with E-state index in [-0.39, 0.29) is 0 Å². The maximum absolute atomic E-state index is 12.9. The summed E-state index contributed by atoms with van der Waals surface area (Å²) >= 11 is 0. The Morgan fingerprint density at radius 3 is 2.50 bits per heavy atom. The molecule has 2 aromatic heterocycles. The van der Waals surface area contributed by atoms with Gasteiger partial charge in [0.1, 0.15) is 0 Å². The van der Waals surface area contributed by atoms with Crippen molar-refractivity contribution in [1.82, 2.24) is 14.5 Å². The van der Waals surface area contributed by atoms with E-state index in [4.69, 9.17) is 14.5 Å². The van der Waals surface area contributed by atoms with Gasteiger partial charge in [-0.05, 0) is 53.6 Å². The Bertz CT molecular complexity index is 1680. The number of carbonyl (C=O) groups excluding carboxylic acids is 1. The normalized spacial score (nSPS) is 12.6. The summed E-state index contributed by atoms with van der Waals surface area (Å²) in [5.74, 6) is 1.51. The lowest BCUT2D eigenvalue weighted by Gasteiger charge is -2.18. The molecule has 1 aliphatic heterocycles. The number of fused-ring (bicyclic) bond motifs is 5. The first-order valence-electron chi connectivity index (χ1n) is 11.9. The number of hydrogen-bond donors (Lipinski definition) is 0. The lowest BCUT2D eigenvalue weighted by Crippen LogP contribution is -2.23. The fourth-order valence-corrected chi connectivity index (χ4v) is 4.58. The van der Waals surface area contributed by atoms with E-state index in [2.05, 4.69) is 25.1 Å². The van der Waals surface area contributed by atoms with Gasteiger partial charge in [0.05, 0.1) is 16.9 Å². The standard InChI is InChI=1S/C30H25N3O3/c1-4-21-18-23(22-12-7-8-13-24(22)31-21)28-29(36-30(34)32(2)3)25-14-9-15-33(25)26-16-19-10-5-6-11-20(19)17-27(26)35-28/h5-18H,4H2,1-3H3. The summed E-state index contributed by atoms with van der Waals surface area (Å²) in [5.41, 5.74) is 4.22. The smallest absolute Gasteiger partial charge is 0.414 e. The molecular formula is C30H25N3O3. The van der Waals surface area contributed by atoms with Gasteiger partial charge in [-0.15, -0.1) is 0 Å². The van der Waals surface area contributed by atoms with E-state index in [1.54, 1.807) is 14.1 Å². The van der Waals surface area contributed by atoms with Crippen molar-refractivity contribution < 1.29 is 14.3 Å². The first-order valence-corrected chi connectivity index (χ1v) is 11.9. The minimum Gasteiger partial charge on any atom is -0.450 e. The van der Waals surface area contributed by atoms with Gasteiger partial charge in [-0.25, -0.2) is 4.79 Å². The van der Waals surface area contributed by atoms with Gasteiger partial charge in [0, 0.05) is 36.9 Å². The minimum atomic E-state index is -0.482. The van der Waals surface area contributed by atoms with E-state index in [0.717, 1.165) is 50.7 Å². The number of amides is 1. The number of aryl methyl sites for hydroxylation is 1. The molecule has 0 bridgehead atoms. The highest BCUT2D eigenvalue weighted by Gasteiger charge is 2.29. The first-order chi connectivity index (χ1) is 17.5. The van der Waals surface area contributed by atoms with Crippen LogP contribution in [0.25, 0.3) is 38.9 Å². The highest BCUT2D eigenvalue weighted by atomic mass is 16.6. The average Bonchev–Trinajstić information content (AvgIpc) is 3.34. The second-order valence-electron chi connectivity index (χ2n) is 8.99. The van der Waals surface area contributed by atoms with Gasteiger partial charge in [0.15, 0.2) is 17.3 Å². The molecule has 6 nitrogen and oxygen atoms in total. The maximum Gasteiger partial charge on any atom is 0.414 e. The van der Waals surface area contributed by atoms with Gasteiger partial charge in [-0.1, -0.05) is 49.4 Å². The van der Waals surface area contributed by atoms with E-state index < -0.39 is 6.09 Å². The van der Waals surface area contributed by atoms with E-state index in [0.29, 0.717) is 17.3 Å². The van der Waals surface area contributed by atoms with Crippen LogP contribution in [0.5, 0.6) is 5.75 Å². The Balaban J connectivity index is 1.69. The Kier molecular flexibility index (Phi) is 5.22. The van der Waals surface area contributed by atoms with Crippen molar-refractivity contribution in [3.63, 3.8) is 0 Å².